The molecule has 4 aromatic rings. The van der Waals surface area contributed by atoms with Gasteiger partial charge >= 0.3 is 0 Å². The van der Waals surface area contributed by atoms with Crippen molar-refractivity contribution >= 4 is 27.3 Å². The second-order valence-electron chi connectivity index (χ2n) is 4.83. The van der Waals surface area contributed by atoms with Gasteiger partial charge < -0.3 is 4.98 Å². The first-order chi connectivity index (χ1) is 9.65. The Bertz CT molecular complexity index is 1050. The molecular formula is C15H10FN3O. The first kappa shape index (κ1) is 11.2. The summed E-state index contributed by atoms with van der Waals surface area (Å²) < 4.78 is 15.4. The van der Waals surface area contributed by atoms with Crippen molar-refractivity contribution in [3.63, 3.8) is 0 Å². The molecule has 3 aromatic heterocycles. The van der Waals surface area contributed by atoms with E-state index in [9.17, 15) is 9.18 Å². The topological polar surface area (TPSA) is 50.2 Å². The minimum Gasteiger partial charge on any atom is -0.328 e. The van der Waals surface area contributed by atoms with Crippen LogP contribution in [0, 0.1) is 12.7 Å². The lowest BCUT2D eigenvalue weighted by atomic mass is 10.1. The van der Waals surface area contributed by atoms with Gasteiger partial charge in [-0.1, -0.05) is 0 Å². The number of aromatic nitrogens is 3. The summed E-state index contributed by atoms with van der Waals surface area (Å²) in [5.74, 6) is -0.366. The highest BCUT2D eigenvalue weighted by Crippen LogP contribution is 2.27. The molecule has 0 radical (unpaired) electrons. The van der Waals surface area contributed by atoms with E-state index in [-0.39, 0.29) is 11.4 Å². The Kier molecular flexibility index (Phi) is 2.04. The predicted molar refractivity (Wildman–Crippen MR) is 75.5 cm³/mol. The molecule has 0 saturated heterocycles. The summed E-state index contributed by atoms with van der Waals surface area (Å²) in [6.45, 7) is 1.89. The van der Waals surface area contributed by atoms with Crippen molar-refractivity contribution in [1.29, 1.82) is 0 Å². The second-order valence-corrected chi connectivity index (χ2v) is 4.83. The van der Waals surface area contributed by atoms with Gasteiger partial charge in [0.25, 0.3) is 5.56 Å². The minimum absolute atomic E-state index is 0.230. The van der Waals surface area contributed by atoms with Crippen molar-refractivity contribution in [2.75, 3.05) is 0 Å². The number of halogens is 1. The van der Waals surface area contributed by atoms with Crippen molar-refractivity contribution in [3.8, 4) is 0 Å². The van der Waals surface area contributed by atoms with Crippen molar-refractivity contribution in [3.05, 3.63) is 58.5 Å². The summed E-state index contributed by atoms with van der Waals surface area (Å²) >= 11 is 0. The maximum atomic E-state index is 13.6. The van der Waals surface area contributed by atoms with E-state index in [1.165, 1.54) is 12.1 Å². The largest absolute Gasteiger partial charge is 0.328 e. The molecule has 5 heteroatoms. The Morgan fingerprint density at radius 2 is 2.10 bits per heavy atom. The first-order valence-corrected chi connectivity index (χ1v) is 6.23. The number of aryl methyl sites for hydroxylation is 1. The van der Waals surface area contributed by atoms with Gasteiger partial charge in [-0.25, -0.2) is 9.37 Å². The summed E-state index contributed by atoms with van der Waals surface area (Å²) in [6.07, 6.45) is 3.46. The maximum absolute atomic E-state index is 13.6. The summed E-state index contributed by atoms with van der Waals surface area (Å²) in [4.78, 5) is 19.3. The second kappa shape index (κ2) is 3.66. The molecule has 4 nitrogen and oxygen atoms in total. The van der Waals surface area contributed by atoms with E-state index >= 15 is 0 Å². The Hall–Kier alpha value is -2.69. The van der Waals surface area contributed by atoms with Crippen LogP contribution in [0.1, 0.15) is 5.69 Å². The molecule has 0 saturated carbocycles. The molecule has 0 fully saturated rings. The van der Waals surface area contributed by atoms with E-state index in [0.717, 1.165) is 22.2 Å². The van der Waals surface area contributed by atoms with E-state index in [4.69, 9.17) is 0 Å². The smallest absolute Gasteiger partial charge is 0.257 e. The molecule has 0 unspecified atom stereocenters. The fourth-order valence-electron chi connectivity index (χ4n) is 2.72. The highest BCUT2D eigenvalue weighted by Gasteiger charge is 2.13. The highest BCUT2D eigenvalue weighted by molar-refractivity contribution is 6.11. The van der Waals surface area contributed by atoms with Crippen LogP contribution in [0.15, 0.2) is 41.5 Å². The number of imidazole rings is 1. The number of H-pyrrole nitrogens is 1. The molecule has 3 heterocycles. The van der Waals surface area contributed by atoms with Crippen LogP contribution in [0.5, 0.6) is 0 Å². The van der Waals surface area contributed by atoms with E-state index in [1.807, 2.05) is 17.5 Å². The summed E-state index contributed by atoms with van der Waals surface area (Å²) in [6, 6.07) is 6.24. The molecule has 0 amide bonds. The van der Waals surface area contributed by atoms with Gasteiger partial charge in [-0.05, 0) is 31.2 Å². The van der Waals surface area contributed by atoms with Crippen LogP contribution >= 0.6 is 0 Å². The number of rotatable bonds is 0. The van der Waals surface area contributed by atoms with Crippen LogP contribution in [0.3, 0.4) is 0 Å². The molecule has 1 N–H and O–H groups in total. The van der Waals surface area contributed by atoms with Gasteiger partial charge in [0.1, 0.15) is 11.5 Å². The predicted octanol–water partition coefficient (Wildman–Crippen LogP) is 2.78. The minimum atomic E-state index is -0.366. The van der Waals surface area contributed by atoms with E-state index in [1.54, 1.807) is 18.3 Å². The molecule has 0 spiro atoms. The zero-order valence-electron chi connectivity index (χ0n) is 10.6. The Morgan fingerprint density at radius 1 is 1.25 bits per heavy atom. The zero-order chi connectivity index (χ0) is 13.9. The van der Waals surface area contributed by atoms with Gasteiger partial charge in [-0.15, -0.1) is 0 Å². The number of nitrogens with zero attached hydrogens (tertiary/aromatic N) is 2. The lowest BCUT2D eigenvalue weighted by Gasteiger charge is -2.07. The van der Waals surface area contributed by atoms with Gasteiger partial charge in [-0.3, -0.25) is 9.20 Å². The Morgan fingerprint density at radius 3 is 2.95 bits per heavy atom. The normalized spacial score (nSPS) is 11.7. The van der Waals surface area contributed by atoms with Crippen molar-refractivity contribution in [2.45, 2.75) is 6.92 Å². The molecule has 0 aliphatic rings. The third-order valence-electron chi connectivity index (χ3n) is 3.52. The lowest BCUT2D eigenvalue weighted by molar-refractivity contribution is 0.630. The lowest BCUT2D eigenvalue weighted by Crippen LogP contribution is -2.07. The molecular weight excluding hydrogens is 257 g/mol. The van der Waals surface area contributed by atoms with Gasteiger partial charge in [0.05, 0.1) is 16.6 Å². The zero-order valence-corrected chi connectivity index (χ0v) is 10.6. The molecule has 1 aromatic carbocycles. The van der Waals surface area contributed by atoms with E-state index in [0.29, 0.717) is 10.8 Å². The number of aromatic amines is 1. The number of nitrogens with one attached hydrogen (secondary N) is 1. The SMILES string of the molecule is Cc1cn2c3cc[nH]c(=O)c3c3cc(F)ccc3c2n1. The quantitative estimate of drug-likeness (QED) is 0.498. The van der Waals surface area contributed by atoms with Crippen LogP contribution in [0.4, 0.5) is 4.39 Å². The van der Waals surface area contributed by atoms with Gasteiger partial charge in [0, 0.05) is 23.2 Å². The number of fused-ring (bicyclic) bond motifs is 6. The van der Waals surface area contributed by atoms with Crippen molar-refractivity contribution < 1.29 is 4.39 Å². The average Bonchev–Trinajstić information content (AvgIpc) is 2.80. The highest BCUT2D eigenvalue weighted by atomic mass is 19.1. The maximum Gasteiger partial charge on any atom is 0.257 e. The monoisotopic (exact) mass is 267 g/mol. The molecule has 4 rings (SSSR count). The molecule has 20 heavy (non-hydrogen) atoms. The van der Waals surface area contributed by atoms with E-state index in [2.05, 4.69) is 9.97 Å². The molecule has 0 aliphatic heterocycles. The van der Waals surface area contributed by atoms with Gasteiger partial charge in [0.2, 0.25) is 0 Å². The molecule has 0 atom stereocenters. The van der Waals surface area contributed by atoms with Crippen molar-refractivity contribution in [1.82, 2.24) is 14.4 Å². The van der Waals surface area contributed by atoms with Crippen molar-refractivity contribution in [2.24, 2.45) is 0 Å². The van der Waals surface area contributed by atoms with Crippen LogP contribution in [0.2, 0.25) is 0 Å². The fraction of sp³-hybridized carbons (Fsp3) is 0.0667. The van der Waals surface area contributed by atoms with Crippen LogP contribution in [-0.4, -0.2) is 14.4 Å². The van der Waals surface area contributed by atoms with Crippen LogP contribution in [0.25, 0.3) is 27.3 Å². The Labute approximate surface area is 112 Å². The summed E-state index contributed by atoms with van der Waals surface area (Å²) in [5.41, 5.74) is 2.08. The number of hydrogen-bond donors (Lipinski definition) is 1. The fourth-order valence-corrected chi connectivity index (χ4v) is 2.72. The average molecular weight is 267 g/mol. The number of hydrogen-bond acceptors (Lipinski definition) is 2. The molecule has 0 aliphatic carbocycles. The number of benzene rings is 1. The third kappa shape index (κ3) is 1.34. The molecule has 0 bridgehead atoms. The first-order valence-electron chi connectivity index (χ1n) is 6.23. The summed E-state index contributed by atoms with van der Waals surface area (Å²) in [5, 5.41) is 1.83. The van der Waals surface area contributed by atoms with Gasteiger partial charge in [-0.2, -0.15) is 0 Å². The van der Waals surface area contributed by atoms with Crippen LogP contribution < -0.4 is 5.56 Å². The number of pyridine rings is 2. The van der Waals surface area contributed by atoms with Gasteiger partial charge in [0.15, 0.2) is 0 Å². The summed E-state index contributed by atoms with van der Waals surface area (Å²) in [7, 11) is 0. The van der Waals surface area contributed by atoms with Crippen LogP contribution in [-0.2, 0) is 0 Å². The standard InChI is InChI=1S/C15H10FN3O/c1-8-7-19-12-4-5-17-15(20)13(12)11-6-9(16)2-3-10(11)14(19)18-8/h2-7H,1H3,(H,17,20). The Balaban J connectivity index is 2.48. The van der Waals surface area contributed by atoms with E-state index < -0.39 is 0 Å². The molecule has 98 valence electrons. The third-order valence-corrected chi connectivity index (χ3v) is 3.52.